The molecule has 2 aromatic carbocycles. The predicted molar refractivity (Wildman–Crippen MR) is 108 cm³/mol. The Labute approximate surface area is 160 Å². The van der Waals surface area contributed by atoms with E-state index in [4.69, 9.17) is 4.74 Å². The maximum Gasteiger partial charge on any atom is 0.321 e. The van der Waals surface area contributed by atoms with Gasteiger partial charge in [0.15, 0.2) is 0 Å². The zero-order valence-corrected chi connectivity index (χ0v) is 16.0. The lowest BCUT2D eigenvalue weighted by Gasteiger charge is -2.26. The fourth-order valence-corrected chi connectivity index (χ4v) is 4.34. The van der Waals surface area contributed by atoms with Crippen LogP contribution in [0.15, 0.2) is 48.5 Å². The number of ether oxygens (including phenoxy) is 1. The first-order valence-electron chi connectivity index (χ1n) is 9.67. The van der Waals surface area contributed by atoms with Gasteiger partial charge >= 0.3 is 6.03 Å². The summed E-state index contributed by atoms with van der Waals surface area (Å²) in [6.07, 6.45) is 3.51. The number of fused-ring (bicyclic) bond motifs is 2. The average molecular weight is 365 g/mol. The van der Waals surface area contributed by atoms with Crippen molar-refractivity contribution in [3.63, 3.8) is 0 Å². The lowest BCUT2D eigenvalue weighted by atomic mass is 10.0. The molecule has 0 aliphatic carbocycles. The van der Waals surface area contributed by atoms with E-state index in [1.807, 2.05) is 53.4 Å². The summed E-state index contributed by atoms with van der Waals surface area (Å²) in [5.74, 6) is 0.826. The highest BCUT2D eigenvalue weighted by atomic mass is 16.5. The number of para-hydroxylation sites is 1. The van der Waals surface area contributed by atoms with E-state index in [2.05, 4.69) is 17.3 Å². The number of hydrogen-bond acceptors (Lipinski definition) is 3. The highest BCUT2D eigenvalue weighted by molar-refractivity contribution is 5.90. The van der Waals surface area contributed by atoms with E-state index in [0.717, 1.165) is 42.1 Å². The molecule has 0 saturated carbocycles. The third-order valence-electron chi connectivity index (χ3n) is 5.97. The van der Waals surface area contributed by atoms with E-state index in [-0.39, 0.29) is 6.03 Å². The number of likely N-dealkylation sites (tertiary alicyclic amines) is 1. The molecule has 5 nitrogen and oxygen atoms in total. The number of rotatable bonds is 3. The molecule has 0 radical (unpaired) electrons. The second-order valence-electron chi connectivity index (χ2n) is 7.50. The standard InChI is InChI=1S/C22H27N3O2/c1-24-18-10-11-19(24)15-25(13-12-18)22(26)23-17-7-5-6-16(14-17)20-8-3-4-9-21(20)27-2/h3-9,14,18-19H,10-13,15H2,1-2H3,(H,23,26)/t18-,19+/m0/s1. The molecular weight excluding hydrogens is 338 g/mol. The van der Waals surface area contributed by atoms with Crippen LogP contribution < -0.4 is 10.1 Å². The quantitative estimate of drug-likeness (QED) is 0.892. The Bertz CT molecular complexity index is 823. The molecule has 2 fully saturated rings. The minimum Gasteiger partial charge on any atom is -0.496 e. The monoisotopic (exact) mass is 365 g/mol. The van der Waals surface area contributed by atoms with Crippen molar-refractivity contribution in [1.82, 2.24) is 9.80 Å². The summed E-state index contributed by atoms with van der Waals surface area (Å²) in [7, 11) is 3.87. The zero-order chi connectivity index (χ0) is 18.8. The fourth-order valence-electron chi connectivity index (χ4n) is 4.34. The van der Waals surface area contributed by atoms with Crippen molar-refractivity contribution in [1.29, 1.82) is 0 Å². The Morgan fingerprint density at radius 2 is 1.89 bits per heavy atom. The molecule has 142 valence electrons. The zero-order valence-electron chi connectivity index (χ0n) is 16.0. The number of anilines is 1. The van der Waals surface area contributed by atoms with E-state index in [9.17, 15) is 4.79 Å². The molecule has 2 heterocycles. The van der Waals surface area contributed by atoms with Crippen molar-refractivity contribution in [3.8, 4) is 16.9 Å². The molecule has 4 rings (SSSR count). The fraction of sp³-hybridized carbons (Fsp3) is 0.409. The summed E-state index contributed by atoms with van der Waals surface area (Å²) in [5.41, 5.74) is 2.86. The molecule has 2 bridgehead atoms. The Balaban J connectivity index is 1.49. The summed E-state index contributed by atoms with van der Waals surface area (Å²) in [6, 6.07) is 17.0. The molecule has 2 aliphatic rings. The minimum absolute atomic E-state index is 0.00636. The number of benzene rings is 2. The van der Waals surface area contributed by atoms with Gasteiger partial charge in [-0.3, -0.25) is 4.90 Å². The van der Waals surface area contributed by atoms with Crippen molar-refractivity contribution in [2.24, 2.45) is 0 Å². The molecule has 2 amide bonds. The smallest absolute Gasteiger partial charge is 0.321 e. The number of likely N-dealkylation sites (N-methyl/N-ethyl adjacent to an activating group) is 1. The molecule has 0 spiro atoms. The summed E-state index contributed by atoms with van der Waals surface area (Å²) >= 11 is 0. The molecule has 2 saturated heterocycles. The average Bonchev–Trinajstić information content (AvgIpc) is 2.93. The molecule has 2 aromatic rings. The van der Waals surface area contributed by atoms with Crippen molar-refractivity contribution in [2.45, 2.75) is 31.3 Å². The third-order valence-corrected chi connectivity index (χ3v) is 5.97. The van der Waals surface area contributed by atoms with E-state index in [1.165, 1.54) is 12.8 Å². The first-order chi connectivity index (χ1) is 13.2. The number of amides is 2. The van der Waals surface area contributed by atoms with Crippen LogP contribution in [0.25, 0.3) is 11.1 Å². The molecule has 0 unspecified atom stereocenters. The van der Waals surface area contributed by atoms with Crippen LogP contribution in [0.4, 0.5) is 10.5 Å². The van der Waals surface area contributed by atoms with Gasteiger partial charge in [-0.2, -0.15) is 0 Å². The Hall–Kier alpha value is -2.53. The van der Waals surface area contributed by atoms with Gasteiger partial charge in [0, 0.05) is 36.4 Å². The van der Waals surface area contributed by atoms with Crippen LogP contribution in [0.2, 0.25) is 0 Å². The molecular formula is C22H27N3O2. The summed E-state index contributed by atoms with van der Waals surface area (Å²) < 4.78 is 5.47. The van der Waals surface area contributed by atoms with E-state index >= 15 is 0 Å². The number of urea groups is 1. The highest BCUT2D eigenvalue weighted by Gasteiger charge is 2.35. The Kier molecular flexibility index (Phi) is 5.03. The van der Waals surface area contributed by atoms with Crippen LogP contribution in [-0.2, 0) is 0 Å². The summed E-state index contributed by atoms with van der Waals surface area (Å²) in [6.45, 7) is 1.63. The van der Waals surface area contributed by atoms with Crippen LogP contribution in [0.1, 0.15) is 19.3 Å². The number of carbonyl (C=O) groups excluding carboxylic acids is 1. The third kappa shape index (κ3) is 3.65. The van der Waals surface area contributed by atoms with Gasteiger partial charge < -0.3 is 15.0 Å². The maximum absolute atomic E-state index is 12.8. The van der Waals surface area contributed by atoms with Gasteiger partial charge in [-0.15, -0.1) is 0 Å². The van der Waals surface area contributed by atoms with Crippen molar-refractivity contribution >= 4 is 11.7 Å². The SMILES string of the molecule is COc1ccccc1-c1cccc(NC(=O)N2CC[C@@H]3CC[C@H](C2)N3C)c1. The van der Waals surface area contributed by atoms with Gasteiger partial charge in [0.05, 0.1) is 7.11 Å². The van der Waals surface area contributed by atoms with Crippen LogP contribution in [0.5, 0.6) is 5.75 Å². The number of nitrogens with one attached hydrogen (secondary N) is 1. The van der Waals surface area contributed by atoms with Gasteiger partial charge in [-0.05, 0) is 50.1 Å². The Morgan fingerprint density at radius 3 is 2.74 bits per heavy atom. The summed E-state index contributed by atoms with van der Waals surface area (Å²) in [5, 5.41) is 3.09. The summed E-state index contributed by atoms with van der Waals surface area (Å²) in [4.78, 5) is 17.3. The van der Waals surface area contributed by atoms with E-state index in [0.29, 0.717) is 12.1 Å². The van der Waals surface area contributed by atoms with Crippen molar-refractivity contribution in [2.75, 3.05) is 32.6 Å². The van der Waals surface area contributed by atoms with Gasteiger partial charge in [0.1, 0.15) is 5.75 Å². The molecule has 0 aromatic heterocycles. The van der Waals surface area contributed by atoms with E-state index < -0.39 is 0 Å². The van der Waals surface area contributed by atoms with Crippen LogP contribution in [-0.4, -0.2) is 55.2 Å². The van der Waals surface area contributed by atoms with Crippen molar-refractivity contribution in [3.05, 3.63) is 48.5 Å². The molecule has 5 heteroatoms. The molecule has 27 heavy (non-hydrogen) atoms. The van der Waals surface area contributed by atoms with Gasteiger partial charge in [-0.25, -0.2) is 4.79 Å². The number of hydrogen-bond donors (Lipinski definition) is 1. The van der Waals surface area contributed by atoms with Gasteiger partial charge in [0.2, 0.25) is 0 Å². The Morgan fingerprint density at radius 1 is 1.07 bits per heavy atom. The van der Waals surface area contributed by atoms with Gasteiger partial charge in [-0.1, -0.05) is 30.3 Å². The van der Waals surface area contributed by atoms with Crippen molar-refractivity contribution < 1.29 is 9.53 Å². The van der Waals surface area contributed by atoms with Crippen LogP contribution >= 0.6 is 0 Å². The highest BCUT2D eigenvalue weighted by Crippen LogP contribution is 2.32. The van der Waals surface area contributed by atoms with Crippen LogP contribution in [0, 0.1) is 0 Å². The molecule has 1 N–H and O–H groups in total. The maximum atomic E-state index is 12.8. The number of nitrogens with zero attached hydrogens (tertiary/aromatic N) is 2. The first-order valence-corrected chi connectivity index (χ1v) is 9.67. The molecule has 2 atom stereocenters. The van der Waals surface area contributed by atoms with Crippen LogP contribution in [0.3, 0.4) is 0 Å². The first kappa shape index (κ1) is 17.9. The largest absolute Gasteiger partial charge is 0.496 e. The van der Waals surface area contributed by atoms with E-state index in [1.54, 1.807) is 7.11 Å². The lowest BCUT2D eigenvalue weighted by Crippen LogP contribution is -2.41. The number of carbonyl (C=O) groups is 1. The van der Waals surface area contributed by atoms with Gasteiger partial charge in [0.25, 0.3) is 0 Å². The second-order valence-corrected chi connectivity index (χ2v) is 7.50. The molecule has 2 aliphatic heterocycles. The lowest BCUT2D eigenvalue weighted by molar-refractivity contribution is 0.200. The predicted octanol–water partition coefficient (Wildman–Crippen LogP) is 4.06. The minimum atomic E-state index is -0.00636. The normalized spacial score (nSPS) is 22.4. The topological polar surface area (TPSA) is 44.8 Å². The second kappa shape index (κ2) is 7.61. The number of methoxy groups -OCH3 is 1.